The molecule has 2 bridgehead atoms. The third-order valence-electron chi connectivity index (χ3n) is 16.3. The van der Waals surface area contributed by atoms with Gasteiger partial charge in [-0.1, -0.05) is 18.2 Å². The second kappa shape index (κ2) is 18.3. The lowest BCUT2D eigenvalue weighted by Crippen LogP contribution is -2.58. The number of phenolic OH excluding ortho intramolecular Hbond substituents is 15. The van der Waals surface area contributed by atoms with Gasteiger partial charge >= 0.3 is 5.79 Å². The average Bonchev–Trinajstić information content (AvgIpc) is 0.771. The predicted molar refractivity (Wildman–Crippen MR) is 281 cm³/mol. The molecule has 5 aliphatic rings. The lowest BCUT2D eigenvalue weighted by molar-refractivity contribution is -0.219. The molecular formula is C60H48O23. The van der Waals surface area contributed by atoms with Crippen molar-refractivity contribution in [3.05, 3.63) is 164 Å². The molecule has 18 N–H and O–H groups in total. The zero-order valence-electron chi connectivity index (χ0n) is 42.5. The summed E-state index contributed by atoms with van der Waals surface area (Å²) in [6.07, 6.45) is -10.4. The van der Waals surface area contributed by atoms with E-state index in [2.05, 4.69) is 0 Å². The van der Waals surface area contributed by atoms with Gasteiger partial charge in [-0.2, -0.15) is 0 Å². The van der Waals surface area contributed by atoms with Gasteiger partial charge in [-0.3, -0.25) is 0 Å². The zero-order valence-corrected chi connectivity index (χ0v) is 42.5. The van der Waals surface area contributed by atoms with Gasteiger partial charge in [-0.05, 0) is 71.3 Å². The normalized spacial score (nSPS) is 24.4. The quantitative estimate of drug-likeness (QED) is 0.0768. The van der Waals surface area contributed by atoms with E-state index in [1.807, 2.05) is 0 Å². The Morgan fingerprint density at radius 2 is 0.892 bits per heavy atom. The molecule has 0 radical (unpaired) electrons. The maximum Gasteiger partial charge on any atom is 0.305 e. The Hall–Kier alpha value is -10.4. The number of hydrogen-bond acceptors (Lipinski definition) is 23. The van der Waals surface area contributed by atoms with Crippen LogP contribution in [0.25, 0.3) is 0 Å². The Morgan fingerprint density at radius 3 is 1.53 bits per heavy atom. The summed E-state index contributed by atoms with van der Waals surface area (Å²) in [4.78, 5) is 0. The number of fused-ring (bicyclic) bond motifs is 10. The molecule has 0 aromatic heterocycles. The highest BCUT2D eigenvalue weighted by atomic mass is 16.7. The summed E-state index contributed by atoms with van der Waals surface area (Å²) in [5.41, 5.74) is -1.50. The molecule has 0 unspecified atom stereocenters. The van der Waals surface area contributed by atoms with Gasteiger partial charge in [-0.15, -0.1) is 0 Å². The topological polar surface area (TPSA) is 410 Å². The predicted octanol–water partition coefficient (Wildman–Crippen LogP) is 6.72. The van der Waals surface area contributed by atoms with Crippen LogP contribution in [0.2, 0.25) is 0 Å². The fourth-order valence-corrected chi connectivity index (χ4v) is 12.5. The maximum absolute atomic E-state index is 13.2. The molecule has 0 fully saturated rings. The van der Waals surface area contributed by atoms with Crippen molar-refractivity contribution in [3.8, 4) is 115 Å². The summed E-state index contributed by atoms with van der Waals surface area (Å²) < 4.78 is 33.1. The molecule has 8 aromatic carbocycles. The van der Waals surface area contributed by atoms with E-state index < -0.39 is 158 Å². The van der Waals surface area contributed by atoms with Crippen LogP contribution in [-0.2, 0) is 12.2 Å². The van der Waals surface area contributed by atoms with E-state index in [9.17, 15) is 91.9 Å². The molecule has 0 spiro atoms. The molecule has 5 heterocycles. The zero-order chi connectivity index (χ0) is 58.6. The van der Waals surface area contributed by atoms with Crippen LogP contribution < -0.4 is 23.7 Å². The minimum atomic E-state index is -2.63. The minimum Gasteiger partial charge on any atom is -0.508 e. The van der Waals surface area contributed by atoms with E-state index in [4.69, 9.17) is 23.7 Å². The second-order valence-electron chi connectivity index (χ2n) is 21.1. The first-order valence-electron chi connectivity index (χ1n) is 25.7. The molecule has 0 amide bonds. The van der Waals surface area contributed by atoms with E-state index in [1.165, 1.54) is 42.5 Å². The Balaban J connectivity index is 1.08. The monoisotopic (exact) mass is 1140 g/mol. The van der Waals surface area contributed by atoms with Gasteiger partial charge in [0.05, 0.1) is 17.9 Å². The SMILES string of the molecule is Oc1cc(O)c2c(c1)O[C@H](c1ccc(O)c(O)c1)C[C@H]2c1c(O)cc(O)c2c1O[C@@]1(c3ccc(O)c(O)c3)Oc3cc(O)c4c(c3[C@@H]2[C@H]1O)O[C@H](c1ccc(O)c(O)c1)[C@H](O)[C@H]4c1c(O)cc(O)c2c1O[C@H](c1ccc(O)c(O)c1)[C@H](O)C2. The summed E-state index contributed by atoms with van der Waals surface area (Å²) in [7, 11) is 0. The largest absolute Gasteiger partial charge is 0.508 e. The van der Waals surface area contributed by atoms with Gasteiger partial charge in [0.15, 0.2) is 52.1 Å². The highest BCUT2D eigenvalue weighted by Gasteiger charge is 2.62. The van der Waals surface area contributed by atoms with Crippen molar-refractivity contribution in [2.24, 2.45) is 0 Å². The van der Waals surface area contributed by atoms with E-state index in [1.54, 1.807) is 0 Å². The number of phenols is 15. The molecule has 5 aliphatic heterocycles. The van der Waals surface area contributed by atoms with Crippen LogP contribution in [0.4, 0.5) is 0 Å². The average molecular weight is 1140 g/mol. The van der Waals surface area contributed by atoms with E-state index >= 15 is 0 Å². The van der Waals surface area contributed by atoms with Crippen LogP contribution in [0, 0.1) is 0 Å². The van der Waals surface area contributed by atoms with Crippen molar-refractivity contribution >= 4 is 0 Å². The van der Waals surface area contributed by atoms with Crippen molar-refractivity contribution in [1.82, 2.24) is 0 Å². The number of aliphatic hydroxyl groups is 3. The number of rotatable bonds is 6. The smallest absolute Gasteiger partial charge is 0.305 e. The van der Waals surface area contributed by atoms with Crippen molar-refractivity contribution < 1.29 is 116 Å². The summed E-state index contributed by atoms with van der Waals surface area (Å²) >= 11 is 0. The summed E-state index contributed by atoms with van der Waals surface area (Å²) in [5, 5.41) is 205. The first-order valence-corrected chi connectivity index (χ1v) is 25.7. The summed E-state index contributed by atoms with van der Waals surface area (Å²) in [6.45, 7) is 0. The fraction of sp³-hybridized carbons (Fsp3) is 0.200. The van der Waals surface area contributed by atoms with Crippen LogP contribution in [-0.4, -0.2) is 110 Å². The molecular weight excluding hydrogens is 1090 g/mol. The molecule has 23 heteroatoms. The third-order valence-corrected chi connectivity index (χ3v) is 16.3. The van der Waals surface area contributed by atoms with Gasteiger partial charge in [0.1, 0.15) is 93.4 Å². The number of benzene rings is 8. The molecule has 13 rings (SSSR count). The Kier molecular flexibility index (Phi) is 11.5. The van der Waals surface area contributed by atoms with Crippen LogP contribution in [0.15, 0.2) is 103 Å². The van der Waals surface area contributed by atoms with Crippen molar-refractivity contribution in [2.45, 2.75) is 73.0 Å². The van der Waals surface area contributed by atoms with Gasteiger partial charge in [0.25, 0.3) is 0 Å². The first kappa shape index (κ1) is 52.0. The molecule has 23 nitrogen and oxygen atoms in total. The molecule has 8 aromatic rings. The highest BCUT2D eigenvalue weighted by molar-refractivity contribution is 5.74. The van der Waals surface area contributed by atoms with E-state index in [-0.39, 0.29) is 91.3 Å². The summed E-state index contributed by atoms with van der Waals surface area (Å²) in [5.74, 6) is -18.4. The highest BCUT2D eigenvalue weighted by Crippen LogP contribution is 2.68. The number of ether oxygens (including phenoxy) is 5. The van der Waals surface area contributed by atoms with Crippen LogP contribution in [0.1, 0.15) is 104 Å². The lowest BCUT2D eigenvalue weighted by atomic mass is 9.70. The Bertz CT molecular complexity index is 4070. The van der Waals surface area contributed by atoms with Crippen molar-refractivity contribution in [2.75, 3.05) is 0 Å². The van der Waals surface area contributed by atoms with Gasteiger partial charge in [0, 0.05) is 93.6 Å². The number of hydrogen-bond donors (Lipinski definition) is 18. The molecule has 426 valence electrons. The fourth-order valence-electron chi connectivity index (χ4n) is 12.5. The third kappa shape index (κ3) is 7.76. The van der Waals surface area contributed by atoms with Gasteiger partial charge < -0.3 is 116 Å². The number of aromatic hydroxyl groups is 15. The van der Waals surface area contributed by atoms with Crippen molar-refractivity contribution in [3.63, 3.8) is 0 Å². The Labute approximate surface area is 466 Å². The van der Waals surface area contributed by atoms with E-state index in [0.717, 1.165) is 60.7 Å². The van der Waals surface area contributed by atoms with Crippen LogP contribution >= 0.6 is 0 Å². The molecule has 0 aliphatic carbocycles. The molecule has 83 heavy (non-hydrogen) atoms. The van der Waals surface area contributed by atoms with Gasteiger partial charge in [0.2, 0.25) is 0 Å². The standard InChI is InChI=1S/C60H48O23/c61-24-13-36(71)45-26(16-42(79-43(45)14-24)20-1-5-27(62)32(67)9-20)46-37(72)18-39(74)49-52-50-44(82-60(59(52)78,83-58(46)49)23-4-8-30(65)35(70)12-23)19-40(75)48-51(53(77)55(81-57(48)50)22-3-7-29(64)34(69)11-22)47-38(73)17-31(66)25-15-41(76)54(80-56(25)47)21-2-6-28(63)33(68)10-21/h1-14,17-19,26,41-42,51-55,59,61-78H,15-16H2/t26-,41-,42+,51+,52-,53-,54-,55-,59-,60-/m1/s1. The van der Waals surface area contributed by atoms with E-state index in [0.29, 0.717) is 0 Å². The molecule has 10 atom stereocenters. The van der Waals surface area contributed by atoms with Crippen molar-refractivity contribution in [1.29, 1.82) is 0 Å². The Morgan fingerprint density at radius 1 is 0.373 bits per heavy atom. The first-order chi connectivity index (χ1) is 39.5. The lowest BCUT2D eigenvalue weighted by Gasteiger charge is -2.51. The molecule has 0 saturated heterocycles. The van der Waals surface area contributed by atoms with Crippen LogP contribution in [0.3, 0.4) is 0 Å². The van der Waals surface area contributed by atoms with Crippen LogP contribution in [0.5, 0.6) is 115 Å². The minimum absolute atomic E-state index is 0.0403. The van der Waals surface area contributed by atoms with Gasteiger partial charge in [-0.25, -0.2) is 0 Å². The summed E-state index contributed by atoms with van der Waals surface area (Å²) in [6, 6.07) is 19.2. The second-order valence-corrected chi connectivity index (χ2v) is 21.1. The molecule has 0 saturated carbocycles. The maximum atomic E-state index is 13.2. The number of aliphatic hydroxyl groups excluding tert-OH is 3.